The van der Waals surface area contributed by atoms with Gasteiger partial charge in [-0.1, -0.05) is 24.4 Å². The molecular weight excluding hydrogens is 389 g/mol. The minimum absolute atomic E-state index is 0.175. The zero-order valence-electron chi connectivity index (χ0n) is 16.9. The summed E-state index contributed by atoms with van der Waals surface area (Å²) in [5.74, 6) is 0.619. The van der Waals surface area contributed by atoms with Crippen molar-refractivity contribution in [3.63, 3.8) is 0 Å². The number of ether oxygens (including phenoxy) is 3. The number of nitrogens with one attached hydrogen (secondary N) is 1. The summed E-state index contributed by atoms with van der Waals surface area (Å²) in [5, 5.41) is 5.11. The minimum atomic E-state index is -0.495. The smallest absolute Gasteiger partial charge is 0.177 e. The zero-order valence-corrected chi connectivity index (χ0v) is 17.7. The Morgan fingerprint density at radius 1 is 1.28 bits per heavy atom. The van der Waals surface area contributed by atoms with E-state index in [1.54, 1.807) is 17.5 Å². The van der Waals surface area contributed by atoms with E-state index < -0.39 is 6.29 Å². The number of hydrogen-bond acceptors (Lipinski definition) is 5. The SMILES string of the molecule is C[C@@H](O[C@H]1OCCN[C@H]1c1ccc(F)cc1)c1cc(C=S)cc2c1OC(C)(C)C2. The molecule has 1 fully saturated rings. The van der Waals surface area contributed by atoms with Crippen molar-refractivity contribution in [2.75, 3.05) is 13.2 Å². The van der Waals surface area contributed by atoms with E-state index >= 15 is 0 Å². The van der Waals surface area contributed by atoms with Crippen LogP contribution in [-0.2, 0) is 15.9 Å². The van der Waals surface area contributed by atoms with Crippen molar-refractivity contribution in [1.29, 1.82) is 0 Å². The summed E-state index contributed by atoms with van der Waals surface area (Å²) < 4.78 is 31.9. The second kappa shape index (κ2) is 8.11. The first-order chi connectivity index (χ1) is 13.9. The summed E-state index contributed by atoms with van der Waals surface area (Å²) >= 11 is 5.18. The van der Waals surface area contributed by atoms with Crippen LogP contribution in [0.4, 0.5) is 4.39 Å². The van der Waals surface area contributed by atoms with Gasteiger partial charge in [0.15, 0.2) is 6.29 Å². The lowest BCUT2D eigenvalue weighted by molar-refractivity contribution is -0.200. The largest absolute Gasteiger partial charge is 0.487 e. The lowest BCUT2D eigenvalue weighted by atomic mass is 9.97. The second-order valence-electron chi connectivity index (χ2n) is 8.26. The molecule has 2 aromatic carbocycles. The van der Waals surface area contributed by atoms with Gasteiger partial charge in [0.1, 0.15) is 17.2 Å². The minimum Gasteiger partial charge on any atom is -0.487 e. The molecule has 0 saturated carbocycles. The Bertz CT molecular complexity index is 900. The highest BCUT2D eigenvalue weighted by molar-refractivity contribution is 7.79. The molecule has 0 bridgehead atoms. The van der Waals surface area contributed by atoms with Gasteiger partial charge < -0.3 is 19.5 Å². The Hall–Kier alpha value is -1.86. The Labute approximate surface area is 176 Å². The lowest BCUT2D eigenvalue weighted by Gasteiger charge is -2.35. The zero-order chi connectivity index (χ0) is 20.6. The molecule has 2 aliphatic rings. The van der Waals surface area contributed by atoms with E-state index in [2.05, 4.69) is 25.2 Å². The van der Waals surface area contributed by atoms with Crippen molar-refractivity contribution >= 4 is 17.6 Å². The summed E-state index contributed by atoms with van der Waals surface area (Å²) in [6.07, 6.45) is 0.0736. The Morgan fingerprint density at radius 2 is 2.03 bits per heavy atom. The van der Waals surface area contributed by atoms with Gasteiger partial charge in [-0.25, -0.2) is 4.39 Å². The van der Waals surface area contributed by atoms with Gasteiger partial charge in [0.2, 0.25) is 0 Å². The molecule has 2 aliphatic heterocycles. The van der Waals surface area contributed by atoms with E-state index in [1.807, 2.05) is 13.0 Å². The van der Waals surface area contributed by atoms with Crippen molar-refractivity contribution in [1.82, 2.24) is 5.32 Å². The van der Waals surface area contributed by atoms with E-state index in [1.165, 1.54) is 12.1 Å². The average Bonchev–Trinajstić information content (AvgIpc) is 3.02. The summed E-state index contributed by atoms with van der Waals surface area (Å²) in [6.45, 7) is 7.42. The summed E-state index contributed by atoms with van der Waals surface area (Å²) in [4.78, 5) is 0. The molecule has 0 aromatic heterocycles. The average molecular weight is 416 g/mol. The quantitative estimate of drug-likeness (QED) is 0.720. The molecule has 2 aromatic rings. The molecule has 29 heavy (non-hydrogen) atoms. The molecule has 154 valence electrons. The number of thiocarbonyl (C=S) groups is 1. The fourth-order valence-corrected chi connectivity index (χ4v) is 4.19. The van der Waals surface area contributed by atoms with Crippen molar-refractivity contribution in [3.8, 4) is 5.75 Å². The molecule has 0 radical (unpaired) electrons. The maximum absolute atomic E-state index is 13.3. The van der Waals surface area contributed by atoms with Gasteiger partial charge in [0.05, 0.1) is 18.8 Å². The Morgan fingerprint density at radius 3 is 2.76 bits per heavy atom. The van der Waals surface area contributed by atoms with E-state index in [0.29, 0.717) is 13.2 Å². The number of fused-ring (bicyclic) bond motifs is 1. The maximum atomic E-state index is 13.3. The molecule has 3 atom stereocenters. The number of hydrogen-bond donors (Lipinski definition) is 1. The van der Waals surface area contributed by atoms with Gasteiger partial charge in [-0.3, -0.25) is 0 Å². The fraction of sp³-hybridized carbons (Fsp3) is 0.435. The molecule has 1 saturated heterocycles. The van der Waals surface area contributed by atoms with E-state index in [-0.39, 0.29) is 23.6 Å². The summed E-state index contributed by atoms with van der Waals surface area (Å²) in [7, 11) is 0. The van der Waals surface area contributed by atoms with Crippen molar-refractivity contribution in [3.05, 3.63) is 64.5 Å². The third-order valence-electron chi connectivity index (χ3n) is 5.37. The van der Waals surface area contributed by atoms with Crippen LogP contribution in [0.15, 0.2) is 36.4 Å². The summed E-state index contributed by atoms with van der Waals surface area (Å²) in [5.41, 5.74) is 3.77. The molecule has 4 nitrogen and oxygen atoms in total. The Balaban J connectivity index is 1.60. The highest BCUT2D eigenvalue weighted by Gasteiger charge is 2.35. The number of rotatable bonds is 5. The van der Waals surface area contributed by atoms with Crippen LogP contribution in [0, 0.1) is 5.82 Å². The molecule has 6 heteroatoms. The van der Waals surface area contributed by atoms with E-state index in [9.17, 15) is 4.39 Å². The van der Waals surface area contributed by atoms with Gasteiger partial charge in [0.25, 0.3) is 0 Å². The highest BCUT2D eigenvalue weighted by Crippen LogP contribution is 2.42. The molecule has 0 spiro atoms. The molecular formula is C23H26FNO3S. The molecule has 4 rings (SSSR count). The second-order valence-corrected chi connectivity index (χ2v) is 8.49. The van der Waals surface area contributed by atoms with Crippen LogP contribution in [0.1, 0.15) is 55.2 Å². The number of benzene rings is 2. The third-order valence-corrected chi connectivity index (χ3v) is 5.65. The maximum Gasteiger partial charge on any atom is 0.177 e. The normalized spacial score (nSPS) is 23.9. The number of halogens is 1. The van der Waals surface area contributed by atoms with Crippen LogP contribution in [0.2, 0.25) is 0 Å². The van der Waals surface area contributed by atoms with Gasteiger partial charge in [-0.05, 0) is 61.7 Å². The van der Waals surface area contributed by atoms with Crippen molar-refractivity contribution in [2.45, 2.75) is 51.2 Å². The van der Waals surface area contributed by atoms with Crippen LogP contribution in [0.3, 0.4) is 0 Å². The van der Waals surface area contributed by atoms with Crippen molar-refractivity contribution in [2.24, 2.45) is 0 Å². The fourth-order valence-electron chi connectivity index (χ4n) is 4.06. The first-order valence-corrected chi connectivity index (χ1v) is 10.4. The first-order valence-electron chi connectivity index (χ1n) is 9.93. The van der Waals surface area contributed by atoms with Crippen LogP contribution in [0.25, 0.3) is 0 Å². The standard InChI is InChI=1S/C23H26FNO3S/c1-14(19-11-15(13-29)10-17-12-23(2,3)28-21(17)19)27-22-20(25-8-9-26-22)16-4-6-18(24)7-5-16/h4-7,10-11,13-14,20,22,25H,8-9,12H2,1-3H3/t14-,20+,22-/m1/s1. The van der Waals surface area contributed by atoms with Gasteiger partial charge in [-0.15, -0.1) is 0 Å². The predicted octanol–water partition coefficient (Wildman–Crippen LogP) is 4.65. The predicted molar refractivity (Wildman–Crippen MR) is 114 cm³/mol. The lowest BCUT2D eigenvalue weighted by Crippen LogP contribution is -2.43. The van der Waals surface area contributed by atoms with Crippen molar-refractivity contribution < 1.29 is 18.6 Å². The first kappa shape index (κ1) is 20.4. The van der Waals surface area contributed by atoms with Gasteiger partial charge in [0, 0.05) is 23.9 Å². The number of morpholine rings is 1. The molecule has 0 aliphatic carbocycles. The molecule has 2 heterocycles. The van der Waals surface area contributed by atoms with Gasteiger partial charge in [-0.2, -0.15) is 0 Å². The molecule has 1 N–H and O–H groups in total. The van der Waals surface area contributed by atoms with Crippen LogP contribution < -0.4 is 10.1 Å². The summed E-state index contributed by atoms with van der Waals surface area (Å²) in [6, 6.07) is 10.4. The van der Waals surface area contributed by atoms with Crippen LogP contribution >= 0.6 is 12.2 Å². The topological polar surface area (TPSA) is 39.7 Å². The highest BCUT2D eigenvalue weighted by atomic mass is 32.1. The monoisotopic (exact) mass is 415 g/mol. The molecule has 0 amide bonds. The van der Waals surface area contributed by atoms with E-state index in [0.717, 1.165) is 34.4 Å². The van der Waals surface area contributed by atoms with Crippen LogP contribution in [0.5, 0.6) is 5.75 Å². The van der Waals surface area contributed by atoms with E-state index in [4.69, 9.17) is 26.4 Å². The van der Waals surface area contributed by atoms with Gasteiger partial charge >= 0.3 is 0 Å². The molecule has 0 unspecified atom stereocenters. The third kappa shape index (κ3) is 4.36. The Kier molecular flexibility index (Phi) is 5.71. The van der Waals surface area contributed by atoms with Crippen LogP contribution in [-0.4, -0.2) is 30.4 Å².